The van der Waals surface area contributed by atoms with E-state index in [1.165, 1.54) is 57.8 Å². The minimum absolute atomic E-state index is 0.0660. The van der Waals surface area contributed by atoms with Crippen molar-refractivity contribution in [2.75, 3.05) is 6.61 Å². The molecular formula is C23H32N2O3. The largest absolute Gasteiger partial charge is 0.450 e. The van der Waals surface area contributed by atoms with Gasteiger partial charge in [-0.05, 0) is 25.0 Å². The number of hydrogen-bond acceptors (Lipinski definition) is 5. The molecule has 0 unspecified atom stereocenters. The average Bonchev–Trinajstić information content (AvgIpc) is 2.71. The minimum Gasteiger partial charge on any atom is -0.450 e. The first kappa shape index (κ1) is 21.9. The van der Waals surface area contributed by atoms with Crippen LogP contribution < -0.4 is 10.4 Å². The first-order chi connectivity index (χ1) is 13.8. The van der Waals surface area contributed by atoms with Crippen molar-refractivity contribution in [3.05, 3.63) is 34.7 Å². The topological polar surface area (TPSA) is 76.1 Å². The van der Waals surface area contributed by atoms with Gasteiger partial charge >= 0.3 is 11.7 Å². The molecule has 5 heteroatoms. The highest BCUT2D eigenvalue weighted by molar-refractivity contribution is 5.76. The number of nitriles is 1. The van der Waals surface area contributed by atoms with Crippen molar-refractivity contribution < 1.29 is 9.15 Å². The van der Waals surface area contributed by atoms with Crippen LogP contribution in [0.1, 0.15) is 83.5 Å². The molecule has 0 aliphatic heterocycles. The van der Waals surface area contributed by atoms with Gasteiger partial charge in [0.15, 0.2) is 0 Å². The molecule has 5 nitrogen and oxygen atoms in total. The Morgan fingerprint density at radius 3 is 2.07 bits per heavy atom. The Bertz CT molecular complexity index is 779. The van der Waals surface area contributed by atoms with E-state index in [4.69, 9.17) is 14.4 Å². The van der Waals surface area contributed by atoms with E-state index < -0.39 is 5.63 Å². The van der Waals surface area contributed by atoms with Crippen LogP contribution in [0.2, 0.25) is 0 Å². The molecule has 1 aromatic heterocycles. The van der Waals surface area contributed by atoms with Gasteiger partial charge in [0.1, 0.15) is 0 Å². The summed E-state index contributed by atoms with van der Waals surface area (Å²) in [6, 6.07) is 9.32. The van der Waals surface area contributed by atoms with Crippen LogP contribution in [0.4, 0.5) is 0 Å². The number of fused-ring (bicyclic) bond motifs is 1. The SMILES string of the molecule is N#CCCCCCCCCCCCCCCOc1nc2ccccc2c(=O)o1. The lowest BCUT2D eigenvalue weighted by molar-refractivity contribution is 0.211. The fraction of sp³-hybridized carbons (Fsp3) is 0.609. The average molecular weight is 385 g/mol. The lowest BCUT2D eigenvalue weighted by Crippen LogP contribution is -2.06. The van der Waals surface area contributed by atoms with Crippen LogP contribution in [-0.2, 0) is 0 Å². The number of aromatic nitrogens is 1. The third kappa shape index (κ3) is 8.56. The Labute approximate surface area is 167 Å². The Kier molecular flexibility index (Phi) is 10.8. The molecule has 1 aromatic carbocycles. The normalized spacial score (nSPS) is 10.8. The second-order valence-electron chi connectivity index (χ2n) is 7.28. The van der Waals surface area contributed by atoms with Gasteiger partial charge in [0.2, 0.25) is 0 Å². The van der Waals surface area contributed by atoms with E-state index in [0.717, 1.165) is 19.3 Å². The monoisotopic (exact) mass is 384 g/mol. The molecule has 28 heavy (non-hydrogen) atoms. The van der Waals surface area contributed by atoms with Crippen molar-refractivity contribution >= 4 is 10.9 Å². The number of ether oxygens (including phenoxy) is 1. The summed E-state index contributed by atoms with van der Waals surface area (Å²) in [6.45, 7) is 0.528. The standard InChI is InChI=1S/C23H32N2O3/c24-18-14-10-8-6-4-2-1-3-5-7-9-11-15-19-27-23-25-21-17-13-12-16-20(21)22(26)28-23/h12-13,16-17H,1-11,14-15,19H2. The maximum atomic E-state index is 11.9. The Balaban J connectivity index is 1.43. The number of rotatable bonds is 15. The van der Waals surface area contributed by atoms with Crippen molar-refractivity contribution in [1.29, 1.82) is 5.26 Å². The van der Waals surface area contributed by atoms with E-state index in [2.05, 4.69) is 11.1 Å². The third-order valence-electron chi connectivity index (χ3n) is 4.92. The maximum Gasteiger partial charge on any atom is 0.397 e. The molecule has 0 amide bonds. The van der Waals surface area contributed by atoms with Gasteiger partial charge in [0, 0.05) is 6.42 Å². The molecule has 152 valence electrons. The van der Waals surface area contributed by atoms with Crippen LogP contribution in [0.5, 0.6) is 6.08 Å². The molecule has 0 N–H and O–H groups in total. The number of unbranched alkanes of at least 4 members (excludes halogenated alkanes) is 12. The van der Waals surface area contributed by atoms with Crippen LogP contribution >= 0.6 is 0 Å². The Morgan fingerprint density at radius 2 is 1.43 bits per heavy atom. The second kappa shape index (κ2) is 13.8. The Morgan fingerprint density at radius 1 is 0.857 bits per heavy atom. The molecule has 0 saturated heterocycles. The second-order valence-corrected chi connectivity index (χ2v) is 7.28. The van der Waals surface area contributed by atoms with Gasteiger partial charge in [-0.3, -0.25) is 0 Å². The van der Waals surface area contributed by atoms with Gasteiger partial charge in [-0.25, -0.2) is 4.79 Å². The van der Waals surface area contributed by atoms with Crippen LogP contribution in [0.15, 0.2) is 33.5 Å². The van der Waals surface area contributed by atoms with Gasteiger partial charge in [-0.15, -0.1) is 0 Å². The molecule has 0 bridgehead atoms. The van der Waals surface area contributed by atoms with Gasteiger partial charge in [-0.2, -0.15) is 10.2 Å². The first-order valence-corrected chi connectivity index (χ1v) is 10.7. The number of nitrogens with zero attached hydrogens (tertiary/aromatic N) is 2. The third-order valence-corrected chi connectivity index (χ3v) is 4.92. The molecule has 0 atom stereocenters. The highest BCUT2D eigenvalue weighted by Crippen LogP contribution is 2.14. The summed E-state index contributed by atoms with van der Waals surface area (Å²) in [5, 5.41) is 8.96. The number of hydrogen-bond donors (Lipinski definition) is 0. The lowest BCUT2D eigenvalue weighted by Gasteiger charge is -2.05. The van der Waals surface area contributed by atoms with Crippen molar-refractivity contribution in [3.63, 3.8) is 0 Å². The summed E-state index contributed by atoms with van der Waals surface area (Å²) < 4.78 is 10.6. The zero-order valence-corrected chi connectivity index (χ0v) is 16.8. The summed E-state index contributed by atoms with van der Waals surface area (Å²) >= 11 is 0. The molecule has 0 saturated carbocycles. The highest BCUT2D eigenvalue weighted by atomic mass is 16.6. The van der Waals surface area contributed by atoms with E-state index in [0.29, 0.717) is 23.9 Å². The first-order valence-electron chi connectivity index (χ1n) is 10.7. The van der Waals surface area contributed by atoms with E-state index >= 15 is 0 Å². The maximum absolute atomic E-state index is 11.9. The molecule has 2 aromatic rings. The molecule has 0 spiro atoms. The predicted octanol–water partition coefficient (Wildman–Crippen LogP) is 6.16. The fourth-order valence-electron chi connectivity index (χ4n) is 3.29. The van der Waals surface area contributed by atoms with Crippen LogP contribution in [-0.4, -0.2) is 11.6 Å². The smallest absolute Gasteiger partial charge is 0.397 e. The minimum atomic E-state index is -0.400. The van der Waals surface area contributed by atoms with Gasteiger partial charge in [0.25, 0.3) is 0 Å². The van der Waals surface area contributed by atoms with Crippen molar-refractivity contribution in [2.45, 2.75) is 83.5 Å². The summed E-state index contributed by atoms with van der Waals surface area (Å²) in [6.07, 6.45) is 15.4. The zero-order valence-electron chi connectivity index (χ0n) is 16.8. The van der Waals surface area contributed by atoms with Gasteiger partial charge in [-0.1, -0.05) is 76.3 Å². The molecular weight excluding hydrogens is 352 g/mol. The van der Waals surface area contributed by atoms with E-state index in [1.807, 2.05) is 6.07 Å². The van der Waals surface area contributed by atoms with Crippen molar-refractivity contribution in [3.8, 4) is 12.1 Å². The summed E-state index contributed by atoms with van der Waals surface area (Å²) in [5.74, 6) is 0. The van der Waals surface area contributed by atoms with Crippen LogP contribution in [0.3, 0.4) is 0 Å². The van der Waals surface area contributed by atoms with Crippen LogP contribution in [0, 0.1) is 11.3 Å². The molecule has 0 radical (unpaired) electrons. The highest BCUT2D eigenvalue weighted by Gasteiger charge is 2.06. The van der Waals surface area contributed by atoms with Gasteiger partial charge < -0.3 is 9.15 Å². The summed E-state index contributed by atoms with van der Waals surface area (Å²) in [7, 11) is 0. The number of benzene rings is 1. The van der Waals surface area contributed by atoms with Crippen molar-refractivity contribution in [2.24, 2.45) is 0 Å². The molecule has 0 aliphatic rings. The fourth-order valence-corrected chi connectivity index (χ4v) is 3.29. The lowest BCUT2D eigenvalue weighted by atomic mass is 10.0. The van der Waals surface area contributed by atoms with Gasteiger partial charge in [0.05, 0.1) is 23.6 Å². The van der Waals surface area contributed by atoms with E-state index in [9.17, 15) is 4.79 Å². The quantitative estimate of drug-likeness (QED) is 0.344. The van der Waals surface area contributed by atoms with E-state index in [1.54, 1.807) is 18.2 Å². The molecule has 0 fully saturated rings. The predicted molar refractivity (Wildman–Crippen MR) is 111 cm³/mol. The summed E-state index contributed by atoms with van der Waals surface area (Å²) in [4.78, 5) is 16.1. The zero-order chi connectivity index (χ0) is 19.9. The number of para-hydroxylation sites is 1. The van der Waals surface area contributed by atoms with E-state index in [-0.39, 0.29) is 6.08 Å². The molecule has 0 aliphatic carbocycles. The van der Waals surface area contributed by atoms with Crippen molar-refractivity contribution in [1.82, 2.24) is 4.98 Å². The van der Waals surface area contributed by atoms with Crippen LogP contribution in [0.25, 0.3) is 10.9 Å². The Hall–Kier alpha value is -2.35. The molecule has 2 rings (SSSR count). The molecule has 1 heterocycles. The summed E-state index contributed by atoms with van der Waals surface area (Å²) in [5.41, 5.74) is 0.207.